The third-order valence-electron chi connectivity index (χ3n) is 0.979. The predicted molar refractivity (Wildman–Crippen MR) is 37.1 cm³/mol. The smallest absolute Gasteiger partial charge is 0.00766 e. The Bertz CT molecular complexity index is 36.0. The Morgan fingerprint density at radius 2 is 1.22 bits per heavy atom. The Hall–Kier alpha value is 0.543. The summed E-state index contributed by atoms with van der Waals surface area (Å²) in [5, 5.41) is 6.44. The largest absolute Gasteiger partial charge is 0.316 e. The summed E-state index contributed by atoms with van der Waals surface area (Å²) in [6.45, 7) is 8.56. The maximum absolute atomic E-state index is 3.22. The molecule has 58 valence electrons. The van der Waals surface area contributed by atoms with Crippen molar-refractivity contribution in [3.05, 3.63) is 0 Å². The number of rotatable bonds is 5. The molecule has 0 heterocycles. The van der Waals surface area contributed by atoms with Gasteiger partial charge in [0.2, 0.25) is 0 Å². The van der Waals surface area contributed by atoms with Crippen LogP contribution in [0.4, 0.5) is 0 Å². The Balaban J connectivity index is 0. The average molecular weight is 217 g/mol. The van der Waals surface area contributed by atoms with Crippen LogP contribution in [0.3, 0.4) is 0 Å². The quantitative estimate of drug-likeness (QED) is 0.508. The third kappa shape index (κ3) is 11.9. The summed E-state index contributed by atoms with van der Waals surface area (Å²) < 4.78 is 0. The maximum Gasteiger partial charge on any atom is 0.00766 e. The zero-order chi connectivity index (χ0) is 6.24. The molecular formula is C6H16N2Ru. The average Bonchev–Trinajstić information content (AvgIpc) is 1.81. The zero-order valence-corrected chi connectivity index (χ0v) is 7.92. The fourth-order valence-electron chi connectivity index (χ4n) is 0.530. The van der Waals surface area contributed by atoms with Gasteiger partial charge in [0.25, 0.3) is 0 Å². The molecule has 0 aromatic rings. The van der Waals surface area contributed by atoms with Crippen molar-refractivity contribution < 1.29 is 19.5 Å². The maximum atomic E-state index is 3.22. The summed E-state index contributed by atoms with van der Waals surface area (Å²) in [7, 11) is 0. The van der Waals surface area contributed by atoms with E-state index in [0.717, 1.165) is 26.2 Å². The van der Waals surface area contributed by atoms with Crippen LogP contribution >= 0.6 is 0 Å². The number of hydrogen-bond donors (Lipinski definition) is 2. The minimum atomic E-state index is 0. The molecule has 0 aromatic heterocycles. The van der Waals surface area contributed by atoms with Crippen molar-refractivity contribution in [2.24, 2.45) is 0 Å². The molecular weight excluding hydrogens is 201 g/mol. The van der Waals surface area contributed by atoms with Crippen molar-refractivity contribution in [2.75, 3.05) is 26.2 Å². The second-order valence-electron chi connectivity index (χ2n) is 1.71. The van der Waals surface area contributed by atoms with E-state index in [1.165, 1.54) is 0 Å². The van der Waals surface area contributed by atoms with Crippen LogP contribution in [0.2, 0.25) is 0 Å². The molecule has 0 radical (unpaired) electrons. The third-order valence-corrected chi connectivity index (χ3v) is 0.979. The molecule has 0 unspecified atom stereocenters. The van der Waals surface area contributed by atoms with Crippen LogP contribution < -0.4 is 10.6 Å². The Morgan fingerprint density at radius 1 is 0.889 bits per heavy atom. The second-order valence-corrected chi connectivity index (χ2v) is 1.71. The topological polar surface area (TPSA) is 24.1 Å². The minimum absolute atomic E-state index is 0. The molecule has 0 aromatic carbocycles. The van der Waals surface area contributed by atoms with Gasteiger partial charge in [-0.15, -0.1) is 0 Å². The normalized spacial score (nSPS) is 8.67. The summed E-state index contributed by atoms with van der Waals surface area (Å²) in [5.41, 5.74) is 0. The van der Waals surface area contributed by atoms with Gasteiger partial charge in [0.15, 0.2) is 0 Å². The van der Waals surface area contributed by atoms with Gasteiger partial charge < -0.3 is 10.6 Å². The molecule has 0 saturated carbocycles. The summed E-state index contributed by atoms with van der Waals surface area (Å²) >= 11 is 0. The molecule has 0 saturated heterocycles. The Kier molecular flexibility index (Phi) is 15.4. The predicted octanol–water partition coefficient (Wildman–Crippen LogP) is 0.203. The van der Waals surface area contributed by atoms with Crippen molar-refractivity contribution in [3.63, 3.8) is 0 Å². The number of nitrogens with one attached hydrogen (secondary N) is 2. The molecule has 2 N–H and O–H groups in total. The van der Waals surface area contributed by atoms with E-state index in [1.807, 2.05) is 0 Å². The van der Waals surface area contributed by atoms with Gasteiger partial charge in [0, 0.05) is 32.6 Å². The van der Waals surface area contributed by atoms with Crippen molar-refractivity contribution in [1.29, 1.82) is 0 Å². The first-order valence-electron chi connectivity index (χ1n) is 3.33. The zero-order valence-electron chi connectivity index (χ0n) is 6.18. The van der Waals surface area contributed by atoms with Gasteiger partial charge in [0.05, 0.1) is 0 Å². The SMILES string of the molecule is CCNCCNCC.[Ru]. The van der Waals surface area contributed by atoms with Crippen LogP contribution in [0.15, 0.2) is 0 Å². The fraction of sp³-hybridized carbons (Fsp3) is 1.00. The van der Waals surface area contributed by atoms with Crippen molar-refractivity contribution in [3.8, 4) is 0 Å². The first kappa shape index (κ1) is 12.2. The molecule has 2 nitrogen and oxygen atoms in total. The van der Waals surface area contributed by atoms with Gasteiger partial charge >= 0.3 is 0 Å². The molecule has 0 spiro atoms. The van der Waals surface area contributed by atoms with E-state index >= 15 is 0 Å². The summed E-state index contributed by atoms with van der Waals surface area (Å²) in [5.74, 6) is 0. The molecule has 0 aliphatic heterocycles. The van der Waals surface area contributed by atoms with Gasteiger partial charge in [-0.2, -0.15) is 0 Å². The van der Waals surface area contributed by atoms with Crippen molar-refractivity contribution in [1.82, 2.24) is 10.6 Å². The van der Waals surface area contributed by atoms with Gasteiger partial charge in [-0.1, -0.05) is 13.8 Å². The van der Waals surface area contributed by atoms with Crippen LogP contribution in [0.25, 0.3) is 0 Å². The van der Waals surface area contributed by atoms with Crippen LogP contribution in [0, 0.1) is 0 Å². The van der Waals surface area contributed by atoms with Gasteiger partial charge in [-0.25, -0.2) is 0 Å². The van der Waals surface area contributed by atoms with Gasteiger partial charge in [0.1, 0.15) is 0 Å². The number of likely N-dealkylation sites (N-methyl/N-ethyl adjacent to an activating group) is 2. The first-order valence-corrected chi connectivity index (χ1v) is 3.33. The molecule has 0 amide bonds. The second kappa shape index (κ2) is 11.4. The monoisotopic (exact) mass is 218 g/mol. The fourth-order valence-corrected chi connectivity index (χ4v) is 0.530. The van der Waals surface area contributed by atoms with Crippen molar-refractivity contribution >= 4 is 0 Å². The van der Waals surface area contributed by atoms with Crippen LogP contribution in [-0.2, 0) is 19.5 Å². The molecule has 0 atom stereocenters. The standard InChI is InChI=1S/C6H16N2.Ru/c1-3-7-5-6-8-4-2;/h7-8H,3-6H2,1-2H3;. The van der Waals surface area contributed by atoms with E-state index in [2.05, 4.69) is 24.5 Å². The molecule has 0 fully saturated rings. The van der Waals surface area contributed by atoms with Crippen LogP contribution in [0.5, 0.6) is 0 Å². The molecule has 9 heavy (non-hydrogen) atoms. The first-order chi connectivity index (χ1) is 3.91. The molecule has 0 aliphatic rings. The molecule has 0 bridgehead atoms. The van der Waals surface area contributed by atoms with E-state index in [9.17, 15) is 0 Å². The van der Waals surface area contributed by atoms with E-state index in [-0.39, 0.29) is 19.5 Å². The van der Waals surface area contributed by atoms with Crippen LogP contribution in [0.1, 0.15) is 13.8 Å². The van der Waals surface area contributed by atoms with Crippen LogP contribution in [-0.4, -0.2) is 26.2 Å². The molecule has 3 heteroatoms. The van der Waals surface area contributed by atoms with E-state index in [1.54, 1.807) is 0 Å². The summed E-state index contributed by atoms with van der Waals surface area (Å²) in [4.78, 5) is 0. The van der Waals surface area contributed by atoms with E-state index in [0.29, 0.717) is 0 Å². The molecule has 0 aliphatic carbocycles. The molecule has 0 rings (SSSR count). The van der Waals surface area contributed by atoms with Gasteiger partial charge in [-0.05, 0) is 13.1 Å². The summed E-state index contributed by atoms with van der Waals surface area (Å²) in [6, 6.07) is 0. The van der Waals surface area contributed by atoms with E-state index < -0.39 is 0 Å². The Labute approximate surface area is 70.5 Å². The van der Waals surface area contributed by atoms with Gasteiger partial charge in [-0.3, -0.25) is 0 Å². The summed E-state index contributed by atoms with van der Waals surface area (Å²) in [6.07, 6.45) is 0. The minimum Gasteiger partial charge on any atom is -0.316 e. The van der Waals surface area contributed by atoms with E-state index in [4.69, 9.17) is 0 Å². The van der Waals surface area contributed by atoms with Crippen molar-refractivity contribution in [2.45, 2.75) is 13.8 Å². The Morgan fingerprint density at radius 3 is 1.44 bits per heavy atom. The number of hydrogen-bond acceptors (Lipinski definition) is 2.